The third-order valence-corrected chi connectivity index (χ3v) is 4.48. The first kappa shape index (κ1) is 15.3. The Hall–Kier alpha value is -1.10. The van der Waals surface area contributed by atoms with Gasteiger partial charge in [-0.1, -0.05) is 19.3 Å². The van der Waals surface area contributed by atoms with Crippen LogP contribution in [-0.4, -0.2) is 48.1 Å². The van der Waals surface area contributed by atoms with Crippen molar-refractivity contribution in [3.05, 3.63) is 0 Å². The standard InChI is InChI=1S/C15H26N2O3/c1-3-20-11-7-10-17-13(18)12(2)16-14(19)15(17)8-5-4-6-9-15/h12H,3-11H2,1-2H3,(H,16,19). The van der Waals surface area contributed by atoms with Crippen LogP contribution in [0.1, 0.15) is 52.4 Å². The molecule has 2 aliphatic rings. The average Bonchev–Trinajstić information content (AvgIpc) is 2.46. The number of carbonyl (C=O) groups excluding carboxylic acids is 2. The van der Waals surface area contributed by atoms with E-state index in [1.165, 1.54) is 0 Å². The Kier molecular flexibility index (Phi) is 5.02. The summed E-state index contributed by atoms with van der Waals surface area (Å²) in [5.41, 5.74) is -0.589. The second-order valence-electron chi connectivity index (χ2n) is 5.83. The lowest BCUT2D eigenvalue weighted by Gasteiger charge is -2.49. The van der Waals surface area contributed by atoms with Crippen LogP contribution in [0.15, 0.2) is 0 Å². The van der Waals surface area contributed by atoms with E-state index in [0.717, 1.165) is 38.5 Å². The van der Waals surface area contributed by atoms with Gasteiger partial charge in [0, 0.05) is 19.8 Å². The molecule has 2 fully saturated rings. The van der Waals surface area contributed by atoms with Gasteiger partial charge in [0.25, 0.3) is 0 Å². The Balaban J connectivity index is 2.11. The Morgan fingerprint density at radius 2 is 2.00 bits per heavy atom. The minimum atomic E-state index is -0.589. The minimum Gasteiger partial charge on any atom is -0.382 e. The summed E-state index contributed by atoms with van der Waals surface area (Å²) >= 11 is 0. The molecule has 1 spiro atoms. The van der Waals surface area contributed by atoms with Gasteiger partial charge in [0.2, 0.25) is 11.8 Å². The molecule has 0 aromatic carbocycles. The number of ether oxygens (including phenoxy) is 1. The SMILES string of the molecule is CCOCCCN1C(=O)C(C)NC(=O)C12CCCCC2. The number of nitrogens with one attached hydrogen (secondary N) is 1. The summed E-state index contributed by atoms with van der Waals surface area (Å²) in [4.78, 5) is 26.8. The normalized spacial score (nSPS) is 25.9. The van der Waals surface area contributed by atoms with Gasteiger partial charge in [-0.15, -0.1) is 0 Å². The van der Waals surface area contributed by atoms with Gasteiger partial charge in [-0.2, -0.15) is 0 Å². The van der Waals surface area contributed by atoms with Crippen LogP contribution in [0.3, 0.4) is 0 Å². The first-order valence-corrected chi connectivity index (χ1v) is 7.82. The van der Waals surface area contributed by atoms with Gasteiger partial charge in [0.15, 0.2) is 0 Å². The van der Waals surface area contributed by atoms with Crippen molar-refractivity contribution in [1.82, 2.24) is 10.2 Å². The zero-order valence-electron chi connectivity index (χ0n) is 12.6. The molecule has 1 N–H and O–H groups in total. The fraction of sp³-hybridized carbons (Fsp3) is 0.867. The van der Waals surface area contributed by atoms with Gasteiger partial charge >= 0.3 is 0 Å². The Morgan fingerprint density at radius 3 is 2.65 bits per heavy atom. The van der Waals surface area contributed by atoms with Crippen LogP contribution in [-0.2, 0) is 14.3 Å². The molecule has 0 radical (unpaired) electrons. The van der Waals surface area contributed by atoms with Crippen LogP contribution in [0.5, 0.6) is 0 Å². The van der Waals surface area contributed by atoms with E-state index in [2.05, 4.69) is 5.32 Å². The molecule has 5 heteroatoms. The number of rotatable bonds is 5. The summed E-state index contributed by atoms with van der Waals surface area (Å²) in [7, 11) is 0. The largest absolute Gasteiger partial charge is 0.382 e. The summed E-state index contributed by atoms with van der Waals surface area (Å²) in [6.45, 7) is 5.69. The van der Waals surface area contributed by atoms with Crippen LogP contribution in [0.4, 0.5) is 0 Å². The predicted molar refractivity (Wildman–Crippen MR) is 76.2 cm³/mol. The molecule has 0 aromatic rings. The maximum atomic E-state index is 12.5. The van der Waals surface area contributed by atoms with Gasteiger partial charge < -0.3 is 15.0 Å². The maximum absolute atomic E-state index is 12.5. The zero-order chi connectivity index (χ0) is 14.6. The van der Waals surface area contributed by atoms with Crippen molar-refractivity contribution in [2.45, 2.75) is 64.0 Å². The molecule has 2 amide bonds. The van der Waals surface area contributed by atoms with Crippen molar-refractivity contribution in [3.8, 4) is 0 Å². The van der Waals surface area contributed by atoms with Crippen molar-refractivity contribution in [1.29, 1.82) is 0 Å². The molecule has 1 saturated carbocycles. The van der Waals surface area contributed by atoms with Gasteiger partial charge in [-0.25, -0.2) is 0 Å². The highest BCUT2D eigenvalue weighted by Gasteiger charge is 2.51. The van der Waals surface area contributed by atoms with Crippen LogP contribution >= 0.6 is 0 Å². The minimum absolute atomic E-state index is 0.0423. The van der Waals surface area contributed by atoms with Gasteiger partial charge in [0.05, 0.1) is 0 Å². The number of amides is 2. The number of hydrogen-bond donors (Lipinski definition) is 1. The maximum Gasteiger partial charge on any atom is 0.246 e. The average molecular weight is 282 g/mol. The lowest BCUT2D eigenvalue weighted by atomic mass is 9.77. The lowest BCUT2D eigenvalue weighted by Crippen LogP contribution is -2.70. The molecule has 1 aliphatic carbocycles. The van der Waals surface area contributed by atoms with Crippen LogP contribution in [0.25, 0.3) is 0 Å². The molecule has 0 aromatic heterocycles. The molecule has 1 aliphatic heterocycles. The number of piperazine rings is 1. The molecule has 1 atom stereocenters. The van der Waals surface area contributed by atoms with Gasteiger partial charge in [-0.05, 0) is 33.1 Å². The number of nitrogens with zero attached hydrogens (tertiary/aromatic N) is 1. The molecule has 5 nitrogen and oxygen atoms in total. The van der Waals surface area contributed by atoms with E-state index in [9.17, 15) is 9.59 Å². The second-order valence-corrected chi connectivity index (χ2v) is 5.83. The molecular weight excluding hydrogens is 256 g/mol. The Bertz CT molecular complexity index is 364. The van der Waals surface area contributed by atoms with E-state index in [4.69, 9.17) is 4.74 Å². The van der Waals surface area contributed by atoms with E-state index >= 15 is 0 Å². The molecule has 20 heavy (non-hydrogen) atoms. The third-order valence-electron chi connectivity index (χ3n) is 4.48. The molecule has 1 heterocycles. The smallest absolute Gasteiger partial charge is 0.246 e. The molecule has 1 saturated heterocycles. The topological polar surface area (TPSA) is 58.6 Å². The van der Waals surface area contributed by atoms with E-state index < -0.39 is 11.6 Å². The molecule has 1 unspecified atom stereocenters. The van der Waals surface area contributed by atoms with Gasteiger partial charge in [-0.3, -0.25) is 9.59 Å². The summed E-state index contributed by atoms with van der Waals surface area (Å²) in [6.07, 6.45) is 5.60. The van der Waals surface area contributed by atoms with Crippen molar-refractivity contribution in [3.63, 3.8) is 0 Å². The van der Waals surface area contributed by atoms with E-state index in [-0.39, 0.29) is 11.8 Å². The van der Waals surface area contributed by atoms with Crippen molar-refractivity contribution in [2.24, 2.45) is 0 Å². The second kappa shape index (κ2) is 6.57. The Morgan fingerprint density at radius 1 is 1.30 bits per heavy atom. The Labute approximate surface area is 121 Å². The van der Waals surface area contributed by atoms with E-state index in [1.807, 2.05) is 11.8 Å². The summed E-state index contributed by atoms with van der Waals surface area (Å²) in [5.74, 6) is 0.101. The quantitative estimate of drug-likeness (QED) is 0.777. The molecule has 114 valence electrons. The number of carbonyl (C=O) groups is 2. The molecule has 2 rings (SSSR count). The van der Waals surface area contributed by atoms with Crippen LogP contribution in [0, 0.1) is 0 Å². The molecule has 0 bridgehead atoms. The lowest BCUT2D eigenvalue weighted by molar-refractivity contribution is -0.159. The molecular formula is C15H26N2O3. The van der Waals surface area contributed by atoms with Crippen LogP contribution < -0.4 is 5.32 Å². The highest BCUT2D eigenvalue weighted by atomic mass is 16.5. The summed E-state index contributed by atoms with van der Waals surface area (Å²) in [6, 6.07) is -0.401. The first-order chi connectivity index (χ1) is 9.62. The van der Waals surface area contributed by atoms with Crippen molar-refractivity contribution in [2.75, 3.05) is 19.8 Å². The fourth-order valence-electron chi connectivity index (χ4n) is 3.39. The van der Waals surface area contributed by atoms with Gasteiger partial charge in [0.1, 0.15) is 11.6 Å². The summed E-state index contributed by atoms with van der Waals surface area (Å²) < 4.78 is 5.35. The van der Waals surface area contributed by atoms with Crippen molar-refractivity contribution >= 4 is 11.8 Å². The zero-order valence-corrected chi connectivity index (χ0v) is 12.6. The summed E-state index contributed by atoms with van der Waals surface area (Å²) in [5, 5.41) is 2.86. The monoisotopic (exact) mass is 282 g/mol. The highest BCUT2D eigenvalue weighted by Crippen LogP contribution is 2.36. The van der Waals surface area contributed by atoms with E-state index in [1.54, 1.807) is 6.92 Å². The predicted octanol–water partition coefficient (Wildman–Crippen LogP) is 1.46. The van der Waals surface area contributed by atoms with E-state index in [0.29, 0.717) is 19.8 Å². The third kappa shape index (κ3) is 2.82. The van der Waals surface area contributed by atoms with Crippen molar-refractivity contribution < 1.29 is 14.3 Å². The number of hydrogen-bond acceptors (Lipinski definition) is 3. The van der Waals surface area contributed by atoms with Crippen LogP contribution in [0.2, 0.25) is 0 Å². The first-order valence-electron chi connectivity index (χ1n) is 7.82. The fourth-order valence-corrected chi connectivity index (χ4v) is 3.39. The highest BCUT2D eigenvalue weighted by molar-refractivity contribution is 5.99.